The Kier molecular flexibility index (Phi) is 13.4. The van der Waals surface area contributed by atoms with E-state index >= 15 is 0 Å². The van der Waals surface area contributed by atoms with Crippen molar-refractivity contribution in [3.8, 4) is 0 Å². The van der Waals surface area contributed by atoms with Gasteiger partial charge in [0, 0.05) is 69.6 Å². The summed E-state index contributed by atoms with van der Waals surface area (Å²) in [6.45, 7) is 18.0. The van der Waals surface area contributed by atoms with Crippen molar-refractivity contribution in [3.63, 3.8) is 0 Å². The molecule has 17 fully saturated rings. The summed E-state index contributed by atoms with van der Waals surface area (Å²) in [5, 5.41) is 20.3. The molecule has 80 heavy (non-hydrogen) atoms. The molecule has 19 nitrogen and oxygen atoms in total. The van der Waals surface area contributed by atoms with Crippen LogP contribution in [-0.2, 0) is 80.6 Å². The van der Waals surface area contributed by atoms with Crippen LogP contribution in [-0.4, -0.2) is 199 Å². The van der Waals surface area contributed by atoms with Gasteiger partial charge in [-0.05, 0) is 73.8 Å². The van der Waals surface area contributed by atoms with Crippen molar-refractivity contribution in [1.82, 2.24) is 0 Å². The molecule has 17 aliphatic heterocycles. The Morgan fingerprint density at radius 3 is 2.04 bits per heavy atom. The molecule has 12 bridgehead atoms. The quantitative estimate of drug-likeness (QED) is 0.270. The fraction of sp³-hybridized carbons (Fsp3) is 0.918. The zero-order valence-electron chi connectivity index (χ0n) is 47.0. The van der Waals surface area contributed by atoms with Crippen LogP contribution in [0.3, 0.4) is 0 Å². The van der Waals surface area contributed by atoms with E-state index in [4.69, 9.17) is 75.8 Å². The first-order valence-corrected chi connectivity index (χ1v) is 31.3. The lowest BCUT2D eigenvalue weighted by Gasteiger charge is -2.54. The molecule has 3 spiro atoms. The molecule has 0 saturated carbocycles. The highest BCUT2D eigenvalue weighted by molar-refractivity contribution is 5.70. The zero-order valence-corrected chi connectivity index (χ0v) is 47.0. The fourth-order valence-corrected chi connectivity index (χ4v) is 18.9. The monoisotopic (exact) mass is 1120 g/mol. The minimum absolute atomic E-state index is 0.0140. The summed E-state index contributed by atoms with van der Waals surface area (Å²) in [5.41, 5.74) is 2.16. The van der Waals surface area contributed by atoms with Gasteiger partial charge in [-0.2, -0.15) is 0 Å². The number of fused-ring (bicyclic) bond motifs is 11. The van der Waals surface area contributed by atoms with Gasteiger partial charge in [0.05, 0.1) is 136 Å². The molecule has 1 unspecified atom stereocenters. The van der Waals surface area contributed by atoms with Crippen LogP contribution in [0.15, 0.2) is 24.3 Å². The van der Waals surface area contributed by atoms with Gasteiger partial charge in [-0.15, -0.1) is 0 Å². The number of aliphatic hydroxyl groups is 2. The van der Waals surface area contributed by atoms with Gasteiger partial charge in [-0.3, -0.25) is 4.79 Å². The van der Waals surface area contributed by atoms with Crippen molar-refractivity contribution in [2.45, 2.75) is 307 Å². The number of carbonyl (C=O) groups is 1. The number of esters is 1. The van der Waals surface area contributed by atoms with Crippen LogP contribution in [0.25, 0.3) is 0 Å². The van der Waals surface area contributed by atoms with Gasteiger partial charge in [0.25, 0.3) is 0 Å². The average molecular weight is 1120 g/mol. The van der Waals surface area contributed by atoms with Crippen LogP contribution < -0.4 is 0 Å². The van der Waals surface area contributed by atoms with Gasteiger partial charge in [-0.25, -0.2) is 0 Å². The zero-order chi connectivity index (χ0) is 54.3. The molecule has 0 amide bonds. The molecule has 0 aromatic rings. The molecule has 17 rings (SSSR count). The topological polar surface area (TPSA) is 205 Å². The van der Waals surface area contributed by atoms with Crippen LogP contribution in [0, 0.1) is 29.6 Å². The van der Waals surface area contributed by atoms with Crippen molar-refractivity contribution >= 4 is 5.97 Å². The van der Waals surface area contributed by atoms with E-state index in [0.29, 0.717) is 70.8 Å². The highest BCUT2D eigenvalue weighted by atomic mass is 16.8. The summed E-state index contributed by atoms with van der Waals surface area (Å²) in [7, 11) is 0. The smallest absolute Gasteiger partial charge is 0.308 e. The third-order valence-electron chi connectivity index (χ3n) is 22.7. The predicted molar refractivity (Wildman–Crippen MR) is 276 cm³/mol. The lowest BCUT2D eigenvalue weighted by atomic mass is 9.77. The summed E-state index contributed by atoms with van der Waals surface area (Å²) < 4.78 is 110. The Bertz CT molecular complexity index is 2410. The lowest BCUT2D eigenvalue weighted by molar-refractivity contribution is -0.370. The minimum Gasteiger partial charge on any atom is -0.459 e. The van der Waals surface area contributed by atoms with Gasteiger partial charge in [0.15, 0.2) is 17.4 Å². The summed E-state index contributed by atoms with van der Waals surface area (Å²) in [5.74, 6) is -2.91. The van der Waals surface area contributed by atoms with Crippen LogP contribution in [0.2, 0.25) is 0 Å². The largest absolute Gasteiger partial charge is 0.459 e. The van der Waals surface area contributed by atoms with Crippen LogP contribution in [0.1, 0.15) is 137 Å². The van der Waals surface area contributed by atoms with Crippen LogP contribution in [0.4, 0.5) is 0 Å². The molecule has 17 saturated heterocycles. The molecule has 444 valence electrons. The number of hydrogen-bond acceptors (Lipinski definition) is 19. The Morgan fingerprint density at radius 1 is 0.500 bits per heavy atom. The molecule has 2 N–H and O–H groups in total. The summed E-state index contributed by atoms with van der Waals surface area (Å²) >= 11 is 0. The molecule has 0 radical (unpaired) electrons. The molecular formula is C61H86O19. The summed E-state index contributed by atoms with van der Waals surface area (Å²) in [6.07, 6.45) is 3.77. The number of hydrogen-bond donors (Lipinski definition) is 2. The van der Waals surface area contributed by atoms with Gasteiger partial charge >= 0.3 is 5.97 Å². The van der Waals surface area contributed by atoms with E-state index in [0.717, 1.165) is 49.7 Å². The number of aliphatic hydroxyl groups excluding tert-OH is 2. The molecule has 17 aliphatic rings. The first-order valence-electron chi connectivity index (χ1n) is 31.3. The summed E-state index contributed by atoms with van der Waals surface area (Å²) in [6, 6.07) is 0. The third-order valence-corrected chi connectivity index (χ3v) is 22.7. The molecule has 0 aliphatic carbocycles. The standard InChI is InChI=1S/C61H86O19/c1-26-13-32-7-9-37-27(2)14-34(66-37)11-12-59-22-46-55(79-59)56-57(72-46)58(80-59)54-38(70-56)10-8-33(68-54)15-48(64)73-52-31(6)51-43(69-42(52)16-39(67-32)30(26)5)17-40-45(71-51)21-61(75-40)23-47-50(78-61)29(4)20-60(77-47)19-28(3)49-44(76-60)18-41-53(74-49)35(25-65-41)36(63)24-62/h26,28-29,31-47,49-58,62-63H,2,5,7-25H2,1,3-4,6H3/t26-,28+,29+,31+,32+,33-,34+,35-,36+,37+,38+,39-,40-,41-,42+,43+,44+,45-,46-,47+,49+,50+,51+,52-,53-,54+,55?,56+,57-,58+,59+,60-,61-/m1/s1. The first-order chi connectivity index (χ1) is 38.6. The SMILES string of the molecule is C=C1C[C@@H]2CC[C@@]34C[C@H]5O[C@H]6[C@@H](O3)[C@H]3O[C@H](CC[C@@H]3O[C@H]6C5O4)CC(=O)O[C@@H]3[C@@H](C)[C@@H]4O[C@@H]5C[C@@]6(C[C@@H]7O[C@]8(C[C@H](C)[C@@H]9O[C@@H]%10[C@@H]([C@@H](O)CO)CO[C@@H]%10C[C@@H]9O8)C[C@H](C)[C@@H]7O6)O[C@@H]5C[C@@H]4O[C@H]3C[C@H]3O[C@@H](CC[C@@H]1O2)C[C@@H](C)C3=C. The van der Waals surface area contributed by atoms with Crippen molar-refractivity contribution in [2.75, 3.05) is 13.2 Å². The maximum absolute atomic E-state index is 14.6. The Labute approximate surface area is 469 Å². The van der Waals surface area contributed by atoms with Crippen molar-refractivity contribution in [3.05, 3.63) is 24.3 Å². The van der Waals surface area contributed by atoms with E-state index in [1.165, 1.54) is 0 Å². The second-order valence-corrected chi connectivity index (χ2v) is 28.1. The second-order valence-electron chi connectivity index (χ2n) is 28.1. The van der Waals surface area contributed by atoms with Gasteiger partial charge in [0.1, 0.15) is 36.6 Å². The van der Waals surface area contributed by atoms with E-state index in [9.17, 15) is 15.0 Å². The number of rotatable bonds is 2. The molecule has 33 atom stereocenters. The fourth-order valence-electron chi connectivity index (χ4n) is 18.9. The van der Waals surface area contributed by atoms with Gasteiger partial charge in [0.2, 0.25) is 0 Å². The molecular weight excluding hydrogens is 1040 g/mol. The highest BCUT2D eigenvalue weighted by Gasteiger charge is 2.70. The molecule has 0 aromatic heterocycles. The Hall–Kier alpha value is -1.73. The van der Waals surface area contributed by atoms with Crippen LogP contribution in [0.5, 0.6) is 0 Å². The van der Waals surface area contributed by atoms with Gasteiger partial charge < -0.3 is 86.0 Å². The van der Waals surface area contributed by atoms with Crippen molar-refractivity contribution < 1.29 is 90.8 Å². The molecule has 17 heterocycles. The second kappa shape index (κ2) is 19.9. The first kappa shape index (κ1) is 53.7. The summed E-state index contributed by atoms with van der Waals surface area (Å²) in [4.78, 5) is 14.6. The lowest BCUT2D eigenvalue weighted by Crippen LogP contribution is -2.62. The van der Waals surface area contributed by atoms with E-state index in [1.54, 1.807) is 0 Å². The van der Waals surface area contributed by atoms with E-state index in [-0.39, 0.29) is 165 Å². The molecule has 19 heteroatoms. The van der Waals surface area contributed by atoms with E-state index in [2.05, 4.69) is 40.9 Å². The van der Waals surface area contributed by atoms with Crippen molar-refractivity contribution in [2.24, 2.45) is 29.6 Å². The highest BCUT2D eigenvalue weighted by Crippen LogP contribution is 2.58. The Balaban J connectivity index is 0.628. The average Bonchev–Trinajstić information content (AvgIpc) is 3.65. The van der Waals surface area contributed by atoms with E-state index < -0.39 is 54.0 Å². The Morgan fingerprint density at radius 2 is 1.18 bits per heavy atom. The predicted octanol–water partition coefficient (Wildman–Crippen LogP) is 5.19. The third kappa shape index (κ3) is 8.91. The number of ether oxygens (including phenoxy) is 16. The maximum atomic E-state index is 14.6. The minimum atomic E-state index is -0.908. The van der Waals surface area contributed by atoms with E-state index in [1.807, 2.05) is 0 Å². The molecule has 0 aromatic carbocycles. The van der Waals surface area contributed by atoms with Crippen molar-refractivity contribution in [1.29, 1.82) is 0 Å². The van der Waals surface area contributed by atoms with Crippen LogP contribution >= 0.6 is 0 Å². The van der Waals surface area contributed by atoms with Gasteiger partial charge in [-0.1, -0.05) is 40.9 Å². The normalized spacial score (nSPS) is 58.9. The number of carbonyl (C=O) groups excluding carboxylic acids is 1. The maximum Gasteiger partial charge on any atom is 0.308 e.